The van der Waals surface area contributed by atoms with E-state index in [4.69, 9.17) is 9.15 Å². The van der Waals surface area contributed by atoms with Gasteiger partial charge in [0.2, 0.25) is 0 Å². The van der Waals surface area contributed by atoms with Gasteiger partial charge >= 0.3 is 0 Å². The Morgan fingerprint density at radius 2 is 1.72 bits per heavy atom. The summed E-state index contributed by atoms with van der Waals surface area (Å²) < 4.78 is 25.3. The van der Waals surface area contributed by atoms with Crippen LogP contribution in [0.3, 0.4) is 0 Å². The largest absolute Gasteiger partial charge is 0.487 e. The van der Waals surface area contributed by atoms with Crippen molar-refractivity contribution >= 4 is 10.9 Å². The zero-order chi connectivity index (χ0) is 25.3. The Morgan fingerprint density at radius 1 is 0.917 bits per heavy atom. The van der Waals surface area contributed by atoms with Crippen LogP contribution in [0.5, 0.6) is 5.75 Å². The van der Waals surface area contributed by atoms with Gasteiger partial charge in [-0.15, -0.1) is 0 Å². The summed E-state index contributed by atoms with van der Waals surface area (Å²) in [7, 11) is 0. The Balaban J connectivity index is 1.52. The van der Waals surface area contributed by atoms with Crippen LogP contribution < -0.4 is 4.74 Å². The molecule has 0 spiro atoms. The van der Waals surface area contributed by atoms with Crippen LogP contribution in [0.25, 0.3) is 22.2 Å². The van der Waals surface area contributed by atoms with Crippen LogP contribution in [-0.4, -0.2) is 9.97 Å². The molecule has 0 aliphatic heterocycles. The van der Waals surface area contributed by atoms with Gasteiger partial charge in [0, 0.05) is 23.8 Å². The number of hydrogen-bond acceptors (Lipinski definition) is 4. The second kappa shape index (κ2) is 9.57. The molecular weight excluding hydrogens is 451 g/mol. The van der Waals surface area contributed by atoms with Crippen molar-refractivity contribution in [2.45, 2.75) is 40.2 Å². The van der Waals surface area contributed by atoms with Gasteiger partial charge in [-0.05, 0) is 59.0 Å². The molecule has 1 atom stereocenters. The van der Waals surface area contributed by atoms with Gasteiger partial charge in [0.1, 0.15) is 30.1 Å². The van der Waals surface area contributed by atoms with Gasteiger partial charge in [0.25, 0.3) is 0 Å². The minimum absolute atomic E-state index is 0.0668. The third-order valence-corrected chi connectivity index (χ3v) is 6.32. The predicted octanol–water partition coefficient (Wildman–Crippen LogP) is 8.09. The van der Waals surface area contributed by atoms with E-state index in [1.54, 1.807) is 12.3 Å². The number of aryl methyl sites for hydroxylation is 1. The van der Waals surface area contributed by atoms with Crippen molar-refractivity contribution < 1.29 is 13.5 Å². The highest BCUT2D eigenvalue weighted by Gasteiger charge is 2.31. The molecule has 5 rings (SSSR count). The highest BCUT2D eigenvalue weighted by Crippen LogP contribution is 2.45. The van der Waals surface area contributed by atoms with Crippen LogP contribution >= 0.6 is 0 Å². The molecule has 0 bridgehead atoms. The number of nitrogens with zero attached hydrogens (tertiary/aromatic N) is 2. The molecule has 0 fully saturated rings. The van der Waals surface area contributed by atoms with E-state index in [2.05, 4.69) is 67.1 Å². The second-order valence-electron chi connectivity index (χ2n) is 10.1. The van der Waals surface area contributed by atoms with Gasteiger partial charge in [-0.25, -0.2) is 14.4 Å². The standard InChI is InChI=1S/C31H29FN2O2/c1-20-33-29(19-35-20)26-14-13-25(17-27(26)30(31(2,3)4)21-8-6-5-7-9-21)36-18-24-12-10-22-16-23(32)11-15-28(22)34-24/h5-17,19,30H,18H2,1-4H3. The van der Waals surface area contributed by atoms with Crippen LogP contribution in [0.4, 0.5) is 4.39 Å². The van der Waals surface area contributed by atoms with Crippen molar-refractivity contribution in [1.82, 2.24) is 9.97 Å². The summed E-state index contributed by atoms with van der Waals surface area (Å²) in [5.74, 6) is 1.21. The topological polar surface area (TPSA) is 48.2 Å². The molecule has 5 aromatic rings. The number of benzene rings is 3. The van der Waals surface area contributed by atoms with E-state index in [0.29, 0.717) is 12.5 Å². The summed E-state index contributed by atoms with van der Waals surface area (Å²) in [6.07, 6.45) is 1.71. The molecule has 0 N–H and O–H groups in total. The van der Waals surface area contributed by atoms with Crippen LogP contribution in [0.15, 0.2) is 89.5 Å². The normalized spacial score (nSPS) is 12.6. The van der Waals surface area contributed by atoms with Gasteiger partial charge in [-0.2, -0.15) is 0 Å². The van der Waals surface area contributed by atoms with Gasteiger partial charge in [-0.3, -0.25) is 0 Å². The molecule has 0 radical (unpaired) electrons. The molecule has 1 unspecified atom stereocenters. The number of ether oxygens (including phenoxy) is 1. The first-order valence-electron chi connectivity index (χ1n) is 12.1. The van der Waals surface area contributed by atoms with E-state index >= 15 is 0 Å². The zero-order valence-electron chi connectivity index (χ0n) is 21.0. The van der Waals surface area contributed by atoms with Crippen molar-refractivity contribution in [2.75, 3.05) is 0 Å². The number of pyridine rings is 1. The monoisotopic (exact) mass is 480 g/mol. The maximum Gasteiger partial charge on any atom is 0.191 e. The fourth-order valence-corrected chi connectivity index (χ4v) is 4.76. The molecule has 0 aliphatic carbocycles. The lowest BCUT2D eigenvalue weighted by Gasteiger charge is -2.33. The van der Waals surface area contributed by atoms with Crippen molar-refractivity contribution in [1.29, 1.82) is 0 Å². The molecular formula is C31H29FN2O2. The Morgan fingerprint density at radius 3 is 2.44 bits per heavy atom. The minimum Gasteiger partial charge on any atom is -0.487 e. The Kier molecular flexibility index (Phi) is 6.31. The van der Waals surface area contributed by atoms with Crippen LogP contribution in [-0.2, 0) is 6.61 Å². The fraction of sp³-hybridized carbons (Fsp3) is 0.226. The van der Waals surface area contributed by atoms with Crippen molar-refractivity contribution in [3.63, 3.8) is 0 Å². The second-order valence-corrected chi connectivity index (χ2v) is 10.1. The summed E-state index contributed by atoms with van der Waals surface area (Å²) in [5.41, 5.74) is 5.64. The third kappa shape index (κ3) is 5.01. The maximum absolute atomic E-state index is 13.5. The number of fused-ring (bicyclic) bond motifs is 1. The average molecular weight is 481 g/mol. The van der Waals surface area contributed by atoms with Crippen LogP contribution in [0, 0.1) is 18.2 Å². The van der Waals surface area contributed by atoms with E-state index in [0.717, 1.165) is 39.2 Å². The highest BCUT2D eigenvalue weighted by atomic mass is 19.1. The molecule has 2 aromatic heterocycles. The molecule has 3 aromatic carbocycles. The molecule has 2 heterocycles. The molecule has 5 heteroatoms. The molecule has 0 amide bonds. The Bertz CT molecular complexity index is 1500. The zero-order valence-corrected chi connectivity index (χ0v) is 21.0. The van der Waals surface area contributed by atoms with Gasteiger partial charge in [0.15, 0.2) is 5.89 Å². The Hall–Kier alpha value is -3.99. The maximum atomic E-state index is 13.5. The quantitative estimate of drug-likeness (QED) is 0.246. The van der Waals surface area contributed by atoms with E-state index in [-0.39, 0.29) is 17.2 Å². The summed E-state index contributed by atoms with van der Waals surface area (Å²) in [6, 6.07) is 25.0. The lowest BCUT2D eigenvalue weighted by atomic mass is 9.71. The average Bonchev–Trinajstić information content (AvgIpc) is 3.28. The Labute approximate surface area is 210 Å². The van der Waals surface area contributed by atoms with E-state index in [9.17, 15) is 4.39 Å². The van der Waals surface area contributed by atoms with E-state index in [1.165, 1.54) is 17.7 Å². The number of hydrogen-bond donors (Lipinski definition) is 0. The van der Waals surface area contributed by atoms with Crippen LogP contribution in [0.2, 0.25) is 0 Å². The minimum atomic E-state index is -0.268. The molecule has 0 saturated carbocycles. The molecule has 182 valence electrons. The summed E-state index contributed by atoms with van der Waals surface area (Å²) in [6.45, 7) is 8.90. The van der Waals surface area contributed by atoms with Gasteiger partial charge < -0.3 is 9.15 Å². The fourth-order valence-electron chi connectivity index (χ4n) is 4.76. The van der Waals surface area contributed by atoms with Gasteiger partial charge in [-0.1, -0.05) is 57.2 Å². The third-order valence-electron chi connectivity index (χ3n) is 6.32. The lowest BCUT2D eigenvalue weighted by molar-refractivity contribution is 0.300. The van der Waals surface area contributed by atoms with Crippen molar-refractivity contribution in [3.8, 4) is 17.0 Å². The molecule has 0 aliphatic rings. The van der Waals surface area contributed by atoms with Crippen molar-refractivity contribution in [3.05, 3.63) is 114 Å². The molecule has 0 saturated heterocycles. The number of aromatic nitrogens is 2. The SMILES string of the molecule is Cc1nc(-c2ccc(OCc3ccc4cc(F)ccc4n3)cc2C(c2ccccc2)C(C)(C)C)co1. The highest BCUT2D eigenvalue weighted by molar-refractivity contribution is 5.78. The lowest BCUT2D eigenvalue weighted by Crippen LogP contribution is -2.20. The smallest absolute Gasteiger partial charge is 0.191 e. The van der Waals surface area contributed by atoms with Crippen LogP contribution in [0.1, 0.15) is 49.4 Å². The summed E-state index contributed by atoms with van der Waals surface area (Å²) >= 11 is 0. The first-order chi connectivity index (χ1) is 17.3. The predicted molar refractivity (Wildman–Crippen MR) is 140 cm³/mol. The number of halogens is 1. The van der Waals surface area contributed by atoms with E-state index < -0.39 is 0 Å². The first kappa shape index (κ1) is 23.7. The van der Waals surface area contributed by atoms with Crippen molar-refractivity contribution in [2.24, 2.45) is 5.41 Å². The molecule has 4 nitrogen and oxygen atoms in total. The summed E-state index contributed by atoms with van der Waals surface area (Å²) in [4.78, 5) is 9.24. The van der Waals surface area contributed by atoms with E-state index in [1.807, 2.05) is 31.2 Å². The number of oxazole rings is 1. The summed E-state index contributed by atoms with van der Waals surface area (Å²) in [5, 5.41) is 0.768. The molecule has 36 heavy (non-hydrogen) atoms. The first-order valence-corrected chi connectivity index (χ1v) is 12.1. The number of rotatable bonds is 6. The van der Waals surface area contributed by atoms with Gasteiger partial charge in [0.05, 0.1) is 11.2 Å².